The number of ether oxygens (including phenoxy) is 3. The van der Waals surface area contributed by atoms with E-state index in [0.717, 1.165) is 55.2 Å². The number of methoxy groups -OCH3 is 2. The highest BCUT2D eigenvalue weighted by atomic mass is 16.5. The number of rotatable bonds is 8. The van der Waals surface area contributed by atoms with Gasteiger partial charge in [0.05, 0.1) is 19.4 Å². The van der Waals surface area contributed by atoms with Gasteiger partial charge < -0.3 is 19.3 Å². The van der Waals surface area contributed by atoms with Gasteiger partial charge >= 0.3 is 0 Å². The molecule has 6 heteroatoms. The predicted octanol–water partition coefficient (Wildman–Crippen LogP) is 3.15. The number of fused-ring (bicyclic) bond motifs is 1. The summed E-state index contributed by atoms with van der Waals surface area (Å²) in [6.45, 7) is 5.78. The molecular weight excluding hydrogens is 380 g/mol. The van der Waals surface area contributed by atoms with E-state index < -0.39 is 5.60 Å². The SMILES string of the molecule is COCCOc1cc(CN2C[C@@H]3CC[C@](O)(c4ncccc4C)[C@@H]3C2)ccc1OC. The molecule has 3 atom stereocenters. The zero-order chi connectivity index (χ0) is 21.1. The molecule has 0 amide bonds. The molecule has 6 nitrogen and oxygen atoms in total. The van der Waals surface area contributed by atoms with Crippen LogP contribution in [-0.2, 0) is 16.9 Å². The Morgan fingerprint density at radius 1 is 1.17 bits per heavy atom. The Morgan fingerprint density at radius 2 is 2.03 bits per heavy atom. The van der Waals surface area contributed by atoms with Crippen LogP contribution in [-0.4, -0.2) is 55.5 Å². The maximum Gasteiger partial charge on any atom is 0.161 e. The highest BCUT2D eigenvalue weighted by Crippen LogP contribution is 2.50. The molecule has 0 spiro atoms. The minimum absolute atomic E-state index is 0.224. The van der Waals surface area contributed by atoms with Crippen molar-refractivity contribution in [3.8, 4) is 11.5 Å². The van der Waals surface area contributed by atoms with Crippen LogP contribution in [0.25, 0.3) is 0 Å². The van der Waals surface area contributed by atoms with Crippen molar-refractivity contribution in [1.82, 2.24) is 9.88 Å². The zero-order valence-corrected chi connectivity index (χ0v) is 18.1. The molecule has 2 fully saturated rings. The summed E-state index contributed by atoms with van der Waals surface area (Å²) in [5.41, 5.74) is 2.30. The van der Waals surface area contributed by atoms with Gasteiger partial charge in [-0.1, -0.05) is 12.1 Å². The first-order chi connectivity index (χ1) is 14.5. The Hall–Kier alpha value is -2.15. The minimum atomic E-state index is -0.820. The van der Waals surface area contributed by atoms with Crippen molar-refractivity contribution in [2.24, 2.45) is 11.8 Å². The van der Waals surface area contributed by atoms with Crippen molar-refractivity contribution < 1.29 is 19.3 Å². The molecule has 1 aliphatic carbocycles. The van der Waals surface area contributed by atoms with Crippen LogP contribution in [0.4, 0.5) is 0 Å². The first-order valence-electron chi connectivity index (χ1n) is 10.7. The molecule has 1 saturated heterocycles. The van der Waals surface area contributed by atoms with Crippen LogP contribution in [0.15, 0.2) is 36.5 Å². The molecule has 2 aliphatic rings. The van der Waals surface area contributed by atoms with Crippen LogP contribution in [0.5, 0.6) is 11.5 Å². The summed E-state index contributed by atoms with van der Waals surface area (Å²) in [6.07, 6.45) is 3.64. The number of likely N-dealkylation sites (tertiary alicyclic amines) is 1. The summed E-state index contributed by atoms with van der Waals surface area (Å²) in [6, 6.07) is 10.1. The second-order valence-electron chi connectivity index (χ2n) is 8.52. The minimum Gasteiger partial charge on any atom is -0.493 e. The number of nitrogens with zero attached hydrogens (tertiary/aromatic N) is 2. The van der Waals surface area contributed by atoms with E-state index in [4.69, 9.17) is 14.2 Å². The smallest absolute Gasteiger partial charge is 0.161 e. The van der Waals surface area contributed by atoms with Gasteiger partial charge in [-0.25, -0.2) is 0 Å². The zero-order valence-electron chi connectivity index (χ0n) is 18.1. The van der Waals surface area contributed by atoms with Crippen molar-refractivity contribution >= 4 is 0 Å². The fourth-order valence-corrected chi connectivity index (χ4v) is 5.17. The molecule has 4 rings (SSSR count). The molecule has 2 aromatic rings. The van der Waals surface area contributed by atoms with Crippen molar-refractivity contribution in [1.29, 1.82) is 0 Å². The van der Waals surface area contributed by atoms with Crippen molar-refractivity contribution in [2.45, 2.75) is 31.9 Å². The van der Waals surface area contributed by atoms with E-state index in [1.165, 1.54) is 5.56 Å². The lowest BCUT2D eigenvalue weighted by molar-refractivity contribution is -0.0114. The first kappa shape index (κ1) is 21.1. The summed E-state index contributed by atoms with van der Waals surface area (Å²) in [4.78, 5) is 7.00. The lowest BCUT2D eigenvalue weighted by Crippen LogP contribution is -2.36. The summed E-state index contributed by atoms with van der Waals surface area (Å²) in [5, 5.41) is 11.6. The fraction of sp³-hybridized carbons (Fsp3) is 0.542. The Bertz CT molecular complexity index is 874. The number of pyridine rings is 1. The van der Waals surface area contributed by atoms with E-state index in [9.17, 15) is 5.11 Å². The van der Waals surface area contributed by atoms with Gasteiger partial charge in [-0.2, -0.15) is 0 Å². The molecule has 0 unspecified atom stereocenters. The largest absolute Gasteiger partial charge is 0.493 e. The van der Waals surface area contributed by atoms with Crippen molar-refractivity contribution in [3.63, 3.8) is 0 Å². The van der Waals surface area contributed by atoms with E-state index in [1.807, 2.05) is 25.1 Å². The molecular formula is C24H32N2O4. The Morgan fingerprint density at radius 3 is 2.80 bits per heavy atom. The third-order valence-electron chi connectivity index (χ3n) is 6.63. The van der Waals surface area contributed by atoms with Gasteiger partial charge in [0, 0.05) is 38.9 Å². The van der Waals surface area contributed by atoms with Gasteiger partial charge in [0.2, 0.25) is 0 Å². The highest BCUT2D eigenvalue weighted by Gasteiger charge is 2.53. The Balaban J connectivity index is 1.46. The summed E-state index contributed by atoms with van der Waals surface area (Å²) in [5.74, 6) is 2.20. The van der Waals surface area contributed by atoms with Crippen LogP contribution in [0.1, 0.15) is 29.7 Å². The lowest BCUT2D eigenvalue weighted by atomic mass is 9.83. The van der Waals surface area contributed by atoms with Crippen LogP contribution in [0, 0.1) is 18.8 Å². The van der Waals surface area contributed by atoms with Gasteiger partial charge in [0.15, 0.2) is 11.5 Å². The number of hydrogen-bond acceptors (Lipinski definition) is 6. The molecule has 30 heavy (non-hydrogen) atoms. The third kappa shape index (κ3) is 4.04. The molecule has 0 radical (unpaired) electrons. The van der Waals surface area contributed by atoms with Crippen LogP contribution < -0.4 is 9.47 Å². The van der Waals surface area contributed by atoms with Gasteiger partial charge in [0.25, 0.3) is 0 Å². The summed E-state index contributed by atoms with van der Waals surface area (Å²) < 4.78 is 16.3. The average molecular weight is 413 g/mol. The second kappa shape index (κ2) is 8.92. The number of hydrogen-bond donors (Lipinski definition) is 1. The molecule has 1 N–H and O–H groups in total. The molecule has 2 heterocycles. The monoisotopic (exact) mass is 412 g/mol. The summed E-state index contributed by atoms with van der Waals surface area (Å²) >= 11 is 0. The first-order valence-corrected chi connectivity index (χ1v) is 10.7. The van der Waals surface area contributed by atoms with Gasteiger partial charge in [0.1, 0.15) is 12.2 Å². The summed E-state index contributed by atoms with van der Waals surface area (Å²) in [7, 11) is 3.31. The number of aliphatic hydroxyl groups is 1. The van der Waals surface area contributed by atoms with Gasteiger partial charge in [-0.05, 0) is 55.0 Å². The molecule has 1 aromatic heterocycles. The maximum atomic E-state index is 11.6. The second-order valence-corrected chi connectivity index (χ2v) is 8.52. The highest BCUT2D eigenvalue weighted by molar-refractivity contribution is 5.43. The normalized spacial score (nSPS) is 26.0. The maximum absolute atomic E-state index is 11.6. The van der Waals surface area contributed by atoms with E-state index >= 15 is 0 Å². The molecule has 162 valence electrons. The van der Waals surface area contributed by atoms with Crippen molar-refractivity contribution in [3.05, 3.63) is 53.3 Å². The van der Waals surface area contributed by atoms with E-state index in [1.54, 1.807) is 20.4 Å². The number of aromatic nitrogens is 1. The average Bonchev–Trinajstić information content (AvgIpc) is 3.29. The van der Waals surface area contributed by atoms with Gasteiger partial charge in [-0.3, -0.25) is 9.88 Å². The van der Waals surface area contributed by atoms with E-state index in [2.05, 4.69) is 22.0 Å². The quantitative estimate of drug-likeness (QED) is 0.672. The molecule has 1 aromatic carbocycles. The predicted molar refractivity (Wildman–Crippen MR) is 115 cm³/mol. The van der Waals surface area contributed by atoms with E-state index in [0.29, 0.717) is 19.1 Å². The van der Waals surface area contributed by atoms with E-state index in [-0.39, 0.29) is 5.92 Å². The molecule has 1 saturated carbocycles. The van der Waals surface area contributed by atoms with Crippen LogP contribution in [0.3, 0.4) is 0 Å². The number of benzene rings is 1. The van der Waals surface area contributed by atoms with Gasteiger partial charge in [-0.15, -0.1) is 0 Å². The Kier molecular flexibility index (Phi) is 6.27. The third-order valence-corrected chi connectivity index (χ3v) is 6.63. The van der Waals surface area contributed by atoms with Crippen molar-refractivity contribution in [2.75, 3.05) is 40.5 Å². The van der Waals surface area contributed by atoms with Crippen LogP contribution in [0.2, 0.25) is 0 Å². The van der Waals surface area contributed by atoms with Crippen LogP contribution >= 0.6 is 0 Å². The lowest BCUT2D eigenvalue weighted by Gasteiger charge is -2.31. The molecule has 0 bridgehead atoms. The number of aryl methyl sites for hydroxylation is 1. The topological polar surface area (TPSA) is 64.1 Å². The molecule has 1 aliphatic heterocycles. The Labute approximate surface area is 178 Å². The fourth-order valence-electron chi connectivity index (χ4n) is 5.17. The standard InChI is InChI=1S/C24H32N2O4/c1-17-5-4-10-25-23(17)24(27)9-8-19-15-26(16-20(19)24)14-18-6-7-21(29-3)22(13-18)30-12-11-28-2/h4-7,10,13,19-20,27H,8-9,11-12,14-16H2,1-3H3/t19-,20+,24+/m0/s1.